The van der Waals surface area contributed by atoms with Crippen molar-refractivity contribution in [2.75, 3.05) is 6.54 Å². The van der Waals surface area contributed by atoms with Crippen LogP contribution >= 0.6 is 0 Å². The molecule has 0 fully saturated rings. The van der Waals surface area contributed by atoms with Gasteiger partial charge >= 0.3 is 11.9 Å². The molecule has 0 saturated heterocycles. The summed E-state index contributed by atoms with van der Waals surface area (Å²) in [7, 11) is 0. The van der Waals surface area contributed by atoms with E-state index in [0.717, 1.165) is 70.6 Å². The lowest BCUT2D eigenvalue weighted by Gasteiger charge is -2.18. The number of hydrogen-bond acceptors (Lipinski definition) is 4. The Morgan fingerprint density at radius 2 is 0.939 bits per heavy atom. The van der Waals surface area contributed by atoms with Crippen LogP contribution in [0.4, 0.5) is 0 Å². The predicted molar refractivity (Wildman–Crippen MR) is 208 cm³/mol. The third-order valence-electron chi connectivity index (χ3n) is 9.38. The molecule has 2 N–H and O–H groups in total. The first-order valence-electron chi connectivity index (χ1n) is 21.0. The summed E-state index contributed by atoms with van der Waals surface area (Å²) in [6, 6.07) is 0. The van der Waals surface area contributed by atoms with Crippen LogP contribution in [-0.4, -0.2) is 35.6 Å². The summed E-state index contributed by atoms with van der Waals surface area (Å²) in [4.78, 5) is 35.0. The Hall–Kier alpha value is -2.11. The first kappa shape index (κ1) is 46.9. The molecule has 0 heterocycles. The second-order valence-corrected chi connectivity index (χ2v) is 14.2. The molecule has 0 rings (SSSR count). The maximum Gasteiger partial charge on any atom is 0.322 e. The number of nitrogens with one attached hydrogen (secondary N) is 1. The molecule has 286 valence electrons. The molecule has 0 aliphatic rings. The van der Waals surface area contributed by atoms with E-state index >= 15 is 0 Å². The van der Waals surface area contributed by atoms with E-state index in [1.807, 2.05) is 0 Å². The number of amides is 1. The second-order valence-electron chi connectivity index (χ2n) is 14.2. The Morgan fingerprint density at radius 1 is 0.531 bits per heavy atom. The molecule has 6 nitrogen and oxygen atoms in total. The van der Waals surface area contributed by atoms with Gasteiger partial charge < -0.3 is 15.2 Å². The smallest absolute Gasteiger partial charge is 0.322 e. The van der Waals surface area contributed by atoms with Crippen molar-refractivity contribution < 1.29 is 24.2 Å². The summed E-state index contributed by atoms with van der Waals surface area (Å²) in [5.74, 6) is -1.23. The number of carboxylic acid groups (broad SMARTS) is 1. The summed E-state index contributed by atoms with van der Waals surface area (Å²) in [5.41, 5.74) is 0. The predicted octanol–water partition coefficient (Wildman–Crippen LogP) is 12.7. The monoisotopic (exact) mass is 690 g/mol. The first-order chi connectivity index (χ1) is 24.0. The van der Waals surface area contributed by atoms with Gasteiger partial charge in [-0.15, -0.1) is 0 Å². The van der Waals surface area contributed by atoms with Gasteiger partial charge in [-0.3, -0.25) is 14.4 Å². The van der Waals surface area contributed by atoms with Crippen LogP contribution in [0.2, 0.25) is 0 Å². The maximum absolute atomic E-state index is 12.7. The highest BCUT2D eigenvalue weighted by Gasteiger charge is 2.14. The van der Waals surface area contributed by atoms with Crippen LogP contribution in [0.3, 0.4) is 0 Å². The molecule has 0 aliphatic carbocycles. The number of aliphatic carboxylic acids is 1. The van der Waals surface area contributed by atoms with Gasteiger partial charge in [-0.1, -0.05) is 160 Å². The zero-order valence-corrected chi connectivity index (χ0v) is 32.3. The van der Waals surface area contributed by atoms with Crippen molar-refractivity contribution in [3.8, 4) is 0 Å². The van der Waals surface area contributed by atoms with Gasteiger partial charge in [0.2, 0.25) is 5.91 Å². The summed E-state index contributed by atoms with van der Waals surface area (Å²) in [6.45, 7) is 4.20. The minimum atomic E-state index is -1.02. The number of carboxylic acids is 1. The SMILES string of the molecule is CCCCC/C=C\C/C=C\CCCCCCCCCC(=O)OC(CCCCCCCCCCCC)CCCCCCCC(=O)NCC(=O)O. The summed E-state index contributed by atoms with van der Waals surface area (Å²) < 4.78 is 6.02. The lowest BCUT2D eigenvalue weighted by atomic mass is 10.0. The molecule has 0 bridgehead atoms. The van der Waals surface area contributed by atoms with E-state index in [1.54, 1.807) is 0 Å². The van der Waals surface area contributed by atoms with E-state index in [0.29, 0.717) is 12.8 Å². The number of allylic oxidation sites excluding steroid dienone is 4. The highest BCUT2D eigenvalue weighted by atomic mass is 16.5. The Bertz CT molecular complexity index is 808. The van der Waals surface area contributed by atoms with Crippen LogP contribution in [0, 0.1) is 0 Å². The first-order valence-corrected chi connectivity index (χ1v) is 21.0. The number of carbonyl (C=O) groups excluding carboxylic acids is 2. The minimum absolute atomic E-state index is 0.0213. The van der Waals surface area contributed by atoms with Crippen LogP contribution in [0.5, 0.6) is 0 Å². The van der Waals surface area contributed by atoms with Gasteiger partial charge in [0.15, 0.2) is 0 Å². The molecule has 1 atom stereocenters. The van der Waals surface area contributed by atoms with E-state index < -0.39 is 5.97 Å². The van der Waals surface area contributed by atoms with Crippen molar-refractivity contribution in [1.82, 2.24) is 5.32 Å². The van der Waals surface area contributed by atoms with Crippen LogP contribution in [0.1, 0.15) is 219 Å². The number of rotatable bonds is 38. The third kappa shape index (κ3) is 38.5. The average molecular weight is 690 g/mol. The van der Waals surface area contributed by atoms with E-state index in [2.05, 4.69) is 43.5 Å². The van der Waals surface area contributed by atoms with Crippen LogP contribution < -0.4 is 5.32 Å². The van der Waals surface area contributed by atoms with Gasteiger partial charge in [-0.2, -0.15) is 0 Å². The highest BCUT2D eigenvalue weighted by Crippen LogP contribution is 2.19. The van der Waals surface area contributed by atoms with E-state index in [4.69, 9.17) is 9.84 Å². The molecule has 0 aromatic carbocycles. The van der Waals surface area contributed by atoms with Crippen molar-refractivity contribution in [2.45, 2.75) is 225 Å². The van der Waals surface area contributed by atoms with Gasteiger partial charge in [0, 0.05) is 12.8 Å². The number of ether oxygens (including phenoxy) is 1. The molecular formula is C43H79NO5. The number of hydrogen-bond donors (Lipinski definition) is 2. The van der Waals surface area contributed by atoms with Gasteiger partial charge in [-0.25, -0.2) is 0 Å². The molecule has 0 radical (unpaired) electrons. The topological polar surface area (TPSA) is 92.7 Å². The number of carbonyl (C=O) groups is 3. The minimum Gasteiger partial charge on any atom is -0.480 e. The van der Waals surface area contributed by atoms with E-state index in [-0.39, 0.29) is 24.5 Å². The summed E-state index contributed by atoms with van der Waals surface area (Å²) in [5, 5.41) is 11.1. The molecule has 1 amide bonds. The molecule has 0 aromatic heterocycles. The summed E-state index contributed by atoms with van der Waals surface area (Å²) in [6.07, 6.45) is 45.8. The quantitative estimate of drug-likeness (QED) is 0.0382. The Balaban J connectivity index is 4.11. The fourth-order valence-corrected chi connectivity index (χ4v) is 6.25. The van der Waals surface area contributed by atoms with Gasteiger partial charge in [0.1, 0.15) is 12.6 Å². The van der Waals surface area contributed by atoms with Gasteiger partial charge in [-0.05, 0) is 70.6 Å². The van der Waals surface area contributed by atoms with E-state index in [1.165, 1.54) is 122 Å². The number of unbranched alkanes of at least 4 members (excludes halogenated alkanes) is 23. The van der Waals surface area contributed by atoms with Gasteiger partial charge in [0.25, 0.3) is 0 Å². The summed E-state index contributed by atoms with van der Waals surface area (Å²) >= 11 is 0. The average Bonchev–Trinajstić information content (AvgIpc) is 3.08. The molecule has 0 saturated carbocycles. The zero-order valence-electron chi connectivity index (χ0n) is 32.3. The van der Waals surface area contributed by atoms with Crippen molar-refractivity contribution in [1.29, 1.82) is 0 Å². The van der Waals surface area contributed by atoms with Crippen LogP contribution in [-0.2, 0) is 19.1 Å². The molecule has 0 spiro atoms. The fraction of sp³-hybridized carbons (Fsp3) is 0.837. The lowest BCUT2D eigenvalue weighted by Crippen LogP contribution is -2.28. The molecular weight excluding hydrogens is 610 g/mol. The highest BCUT2D eigenvalue weighted by molar-refractivity contribution is 5.80. The fourth-order valence-electron chi connectivity index (χ4n) is 6.25. The molecule has 49 heavy (non-hydrogen) atoms. The van der Waals surface area contributed by atoms with Crippen molar-refractivity contribution in [3.63, 3.8) is 0 Å². The Kier molecular flexibility index (Phi) is 37.0. The van der Waals surface area contributed by atoms with Crippen LogP contribution in [0.25, 0.3) is 0 Å². The Labute approximate surface area is 303 Å². The van der Waals surface area contributed by atoms with E-state index in [9.17, 15) is 14.4 Å². The standard InChI is InChI=1S/C43H79NO5/c1-3-5-7-9-11-13-15-16-17-18-19-20-21-23-25-30-34-38-43(48)49-40(35-31-27-24-22-14-12-10-8-6-4-2)36-32-28-26-29-33-37-41(45)44-39-42(46)47/h11,13,16-17,40H,3-10,12,14-15,18-39H2,1-2H3,(H,44,45)(H,46,47)/b13-11-,17-16-. The second kappa shape index (κ2) is 38.7. The maximum atomic E-state index is 12.7. The largest absolute Gasteiger partial charge is 0.480 e. The van der Waals surface area contributed by atoms with Gasteiger partial charge in [0.05, 0.1) is 0 Å². The molecule has 0 aliphatic heterocycles. The normalized spacial score (nSPS) is 12.2. The zero-order chi connectivity index (χ0) is 35.9. The third-order valence-corrected chi connectivity index (χ3v) is 9.38. The van der Waals surface area contributed by atoms with Crippen LogP contribution in [0.15, 0.2) is 24.3 Å². The van der Waals surface area contributed by atoms with Crippen molar-refractivity contribution in [2.24, 2.45) is 0 Å². The Morgan fingerprint density at radius 3 is 1.45 bits per heavy atom. The lowest BCUT2D eigenvalue weighted by molar-refractivity contribution is -0.150. The molecule has 6 heteroatoms. The number of esters is 1. The molecule has 1 unspecified atom stereocenters. The van der Waals surface area contributed by atoms with Crippen molar-refractivity contribution in [3.05, 3.63) is 24.3 Å². The van der Waals surface area contributed by atoms with Crippen molar-refractivity contribution >= 4 is 17.8 Å². The molecule has 0 aromatic rings.